The molecule has 1 aromatic heterocycles. The zero-order chi connectivity index (χ0) is 20.4. The molecule has 0 radical (unpaired) electrons. The molecule has 1 aliphatic rings. The van der Waals surface area contributed by atoms with E-state index >= 15 is 0 Å². The Labute approximate surface area is 172 Å². The first-order valence-corrected chi connectivity index (χ1v) is 9.88. The predicted octanol–water partition coefficient (Wildman–Crippen LogP) is 4.12. The number of fused-ring (bicyclic) bond motifs is 1. The molecule has 148 valence electrons. The van der Waals surface area contributed by atoms with Gasteiger partial charge in [-0.15, -0.1) is 0 Å². The van der Waals surface area contributed by atoms with E-state index in [-0.39, 0.29) is 5.91 Å². The Hall–Kier alpha value is -3.34. The largest absolute Gasteiger partial charge is 0.378 e. The van der Waals surface area contributed by atoms with Gasteiger partial charge in [0.15, 0.2) is 5.82 Å². The number of benzene rings is 2. The highest BCUT2D eigenvalue weighted by Gasteiger charge is 2.28. The maximum Gasteiger partial charge on any atom is 0.258 e. The van der Waals surface area contributed by atoms with Gasteiger partial charge in [0.25, 0.3) is 5.91 Å². The average molecular weight is 386 g/mol. The molecule has 1 aliphatic heterocycles. The predicted molar refractivity (Wildman–Crippen MR) is 119 cm³/mol. The highest BCUT2D eigenvalue weighted by Crippen LogP contribution is 2.33. The van der Waals surface area contributed by atoms with Crippen molar-refractivity contribution in [3.05, 3.63) is 83.6 Å². The maximum atomic E-state index is 13.3. The molecule has 3 aromatic rings. The number of hydrogen-bond donors (Lipinski definition) is 0. The van der Waals surface area contributed by atoms with Crippen LogP contribution in [0.15, 0.2) is 66.9 Å². The van der Waals surface area contributed by atoms with Crippen LogP contribution in [0.5, 0.6) is 0 Å². The van der Waals surface area contributed by atoms with Crippen molar-refractivity contribution >= 4 is 23.1 Å². The van der Waals surface area contributed by atoms with Gasteiger partial charge in [0.05, 0.1) is 5.69 Å². The Morgan fingerprint density at radius 1 is 1.03 bits per heavy atom. The Bertz CT molecular complexity index is 1010. The maximum absolute atomic E-state index is 13.3. The minimum atomic E-state index is 0.0120. The average Bonchev–Trinajstić information content (AvgIpc) is 2.75. The van der Waals surface area contributed by atoms with Gasteiger partial charge in [-0.25, -0.2) is 4.98 Å². The topological polar surface area (TPSA) is 39.7 Å². The van der Waals surface area contributed by atoms with Crippen molar-refractivity contribution < 1.29 is 4.79 Å². The second-order valence-corrected chi connectivity index (χ2v) is 7.65. The summed E-state index contributed by atoms with van der Waals surface area (Å²) in [6.45, 7) is 4.26. The van der Waals surface area contributed by atoms with E-state index in [2.05, 4.69) is 41.1 Å². The summed E-state index contributed by atoms with van der Waals surface area (Å²) in [6, 6.07) is 20.2. The van der Waals surface area contributed by atoms with Crippen molar-refractivity contribution in [3.8, 4) is 0 Å². The van der Waals surface area contributed by atoms with Gasteiger partial charge >= 0.3 is 0 Å². The molecule has 0 saturated carbocycles. The fourth-order valence-corrected chi connectivity index (χ4v) is 3.64. The molecular weight excluding hydrogens is 360 g/mol. The van der Waals surface area contributed by atoms with Crippen molar-refractivity contribution in [2.24, 2.45) is 0 Å². The van der Waals surface area contributed by atoms with E-state index in [9.17, 15) is 4.79 Å². The third kappa shape index (κ3) is 3.94. The highest BCUT2D eigenvalue weighted by molar-refractivity contribution is 6.08. The van der Waals surface area contributed by atoms with Crippen LogP contribution in [0.25, 0.3) is 0 Å². The molecular formula is C24H26N4O. The van der Waals surface area contributed by atoms with Crippen molar-refractivity contribution in [2.75, 3.05) is 41.9 Å². The first-order chi connectivity index (χ1) is 14.0. The minimum absolute atomic E-state index is 0.0120. The quantitative estimate of drug-likeness (QED) is 0.676. The van der Waals surface area contributed by atoms with Crippen LogP contribution in [0.3, 0.4) is 0 Å². The standard InChI is InChI=1S/C24H26N4O/c1-18-9-11-19(12-10-18)17-27-14-15-28(22-8-5-13-25-23(22)27)24(29)20-6-4-7-21(16-20)26(2)3/h4-13,16H,14-15,17H2,1-3H3. The van der Waals surface area contributed by atoms with Gasteiger partial charge in [-0.2, -0.15) is 0 Å². The second kappa shape index (κ2) is 7.95. The lowest BCUT2D eigenvalue weighted by Crippen LogP contribution is -2.44. The SMILES string of the molecule is Cc1ccc(CN2CCN(C(=O)c3cccc(N(C)C)c3)c3cccnc32)cc1. The third-order valence-electron chi connectivity index (χ3n) is 5.30. The third-order valence-corrected chi connectivity index (χ3v) is 5.30. The molecule has 4 rings (SSSR count). The molecule has 0 saturated heterocycles. The van der Waals surface area contributed by atoms with Crippen molar-refractivity contribution in [1.82, 2.24) is 4.98 Å². The fraction of sp³-hybridized carbons (Fsp3) is 0.250. The molecule has 2 aromatic carbocycles. The molecule has 0 spiro atoms. The van der Waals surface area contributed by atoms with Gasteiger partial charge in [-0.1, -0.05) is 35.9 Å². The van der Waals surface area contributed by atoms with Crippen LogP contribution in [0, 0.1) is 6.92 Å². The summed E-state index contributed by atoms with van der Waals surface area (Å²) in [7, 11) is 3.96. The molecule has 0 unspecified atom stereocenters. The van der Waals surface area contributed by atoms with Gasteiger partial charge in [0, 0.05) is 51.2 Å². The monoisotopic (exact) mass is 386 g/mol. The summed E-state index contributed by atoms with van der Waals surface area (Å²) in [5.74, 6) is 0.870. The van der Waals surface area contributed by atoms with Gasteiger partial charge in [0.1, 0.15) is 0 Å². The Morgan fingerprint density at radius 3 is 2.59 bits per heavy atom. The molecule has 5 nitrogen and oxygen atoms in total. The summed E-state index contributed by atoms with van der Waals surface area (Å²) in [5.41, 5.74) is 5.07. The van der Waals surface area contributed by atoms with E-state index in [1.807, 2.05) is 60.3 Å². The van der Waals surface area contributed by atoms with Crippen molar-refractivity contribution in [1.29, 1.82) is 0 Å². The number of carbonyl (C=O) groups is 1. The summed E-state index contributed by atoms with van der Waals surface area (Å²) in [5, 5.41) is 0. The number of nitrogens with zero attached hydrogens (tertiary/aromatic N) is 4. The number of aryl methyl sites for hydroxylation is 1. The first kappa shape index (κ1) is 19.0. The molecule has 29 heavy (non-hydrogen) atoms. The van der Waals surface area contributed by atoms with Gasteiger partial charge in [-0.3, -0.25) is 4.79 Å². The Balaban J connectivity index is 1.62. The molecule has 0 fully saturated rings. The number of aromatic nitrogens is 1. The lowest BCUT2D eigenvalue weighted by molar-refractivity contribution is 0.0986. The number of pyridine rings is 1. The van der Waals surface area contributed by atoms with E-state index in [1.165, 1.54) is 11.1 Å². The van der Waals surface area contributed by atoms with Crippen LogP contribution in [-0.4, -0.2) is 38.1 Å². The normalized spacial score (nSPS) is 13.2. The van der Waals surface area contributed by atoms with Gasteiger partial charge in [0.2, 0.25) is 0 Å². The number of anilines is 3. The summed E-state index contributed by atoms with van der Waals surface area (Å²) >= 11 is 0. The fourth-order valence-electron chi connectivity index (χ4n) is 3.64. The van der Waals surface area contributed by atoms with E-state index in [1.54, 1.807) is 6.20 Å². The number of rotatable bonds is 4. The molecule has 0 aliphatic carbocycles. The Kier molecular flexibility index (Phi) is 5.21. The van der Waals surface area contributed by atoms with Crippen LogP contribution < -0.4 is 14.7 Å². The summed E-state index contributed by atoms with van der Waals surface area (Å²) < 4.78 is 0. The lowest BCUT2D eigenvalue weighted by atomic mass is 10.1. The summed E-state index contributed by atoms with van der Waals surface area (Å²) in [4.78, 5) is 24.0. The van der Waals surface area contributed by atoms with Crippen LogP contribution >= 0.6 is 0 Å². The zero-order valence-electron chi connectivity index (χ0n) is 17.2. The Morgan fingerprint density at radius 2 is 1.83 bits per heavy atom. The van der Waals surface area contributed by atoms with E-state index in [0.717, 1.165) is 30.3 Å². The summed E-state index contributed by atoms with van der Waals surface area (Å²) in [6.07, 6.45) is 1.79. The molecule has 2 heterocycles. The molecule has 0 atom stereocenters. The first-order valence-electron chi connectivity index (χ1n) is 9.88. The van der Waals surface area contributed by atoms with Crippen molar-refractivity contribution in [2.45, 2.75) is 13.5 Å². The van der Waals surface area contributed by atoms with E-state index < -0.39 is 0 Å². The van der Waals surface area contributed by atoms with Gasteiger partial charge < -0.3 is 14.7 Å². The smallest absolute Gasteiger partial charge is 0.258 e. The lowest BCUT2D eigenvalue weighted by Gasteiger charge is -2.36. The molecule has 0 N–H and O–H groups in total. The van der Waals surface area contributed by atoms with Crippen LogP contribution in [0.4, 0.5) is 17.2 Å². The number of amides is 1. The molecule has 0 bridgehead atoms. The van der Waals surface area contributed by atoms with Crippen LogP contribution in [0.2, 0.25) is 0 Å². The number of hydrogen-bond acceptors (Lipinski definition) is 4. The number of carbonyl (C=O) groups excluding carboxylic acids is 1. The van der Waals surface area contributed by atoms with Gasteiger partial charge in [-0.05, 0) is 42.8 Å². The van der Waals surface area contributed by atoms with Crippen LogP contribution in [-0.2, 0) is 6.54 Å². The van der Waals surface area contributed by atoms with Crippen LogP contribution in [0.1, 0.15) is 21.5 Å². The van der Waals surface area contributed by atoms with E-state index in [0.29, 0.717) is 12.1 Å². The highest BCUT2D eigenvalue weighted by atomic mass is 16.2. The zero-order valence-corrected chi connectivity index (χ0v) is 17.2. The van der Waals surface area contributed by atoms with E-state index in [4.69, 9.17) is 0 Å². The molecule has 1 amide bonds. The van der Waals surface area contributed by atoms with Crippen molar-refractivity contribution in [3.63, 3.8) is 0 Å². The second-order valence-electron chi connectivity index (χ2n) is 7.65. The minimum Gasteiger partial charge on any atom is -0.378 e. The molecule has 5 heteroatoms.